The van der Waals surface area contributed by atoms with Gasteiger partial charge in [0, 0.05) is 24.0 Å². The van der Waals surface area contributed by atoms with Gasteiger partial charge in [-0.05, 0) is 37.1 Å². The maximum atomic E-state index is 12.4. The zero-order valence-corrected chi connectivity index (χ0v) is 14.8. The molecular weight excluding hydrogens is 340 g/mol. The van der Waals surface area contributed by atoms with Crippen LogP contribution in [0.5, 0.6) is 5.75 Å². The predicted octanol–water partition coefficient (Wildman–Crippen LogP) is 2.68. The van der Waals surface area contributed by atoms with Gasteiger partial charge in [-0.3, -0.25) is 9.59 Å². The summed E-state index contributed by atoms with van der Waals surface area (Å²) < 4.78 is 5.15. The Balaban J connectivity index is 1.59. The molecular formula is C18H20N2O4S. The van der Waals surface area contributed by atoms with Gasteiger partial charge in [-0.25, -0.2) is 4.98 Å². The van der Waals surface area contributed by atoms with Crippen LogP contribution in [-0.4, -0.2) is 47.1 Å². The number of carbonyl (C=O) groups excluding carboxylic acids is 1. The number of aromatic nitrogens is 1. The van der Waals surface area contributed by atoms with E-state index in [4.69, 9.17) is 9.84 Å². The van der Waals surface area contributed by atoms with Crippen molar-refractivity contribution >= 4 is 23.2 Å². The molecule has 0 unspecified atom stereocenters. The Bertz CT molecular complexity index is 749. The number of methoxy groups -OCH3 is 1. The summed E-state index contributed by atoms with van der Waals surface area (Å²) in [7, 11) is 1.63. The molecule has 3 rings (SSSR count). The molecule has 1 aromatic heterocycles. The summed E-state index contributed by atoms with van der Waals surface area (Å²) in [6.07, 6.45) is 1.30. The number of thiazole rings is 1. The van der Waals surface area contributed by atoms with E-state index >= 15 is 0 Å². The Hall–Kier alpha value is -2.41. The third-order valence-electron chi connectivity index (χ3n) is 4.42. The van der Waals surface area contributed by atoms with E-state index in [1.165, 1.54) is 11.3 Å². The van der Waals surface area contributed by atoms with Crippen LogP contribution in [0.15, 0.2) is 29.6 Å². The highest BCUT2D eigenvalue weighted by Crippen LogP contribution is 2.26. The van der Waals surface area contributed by atoms with E-state index in [9.17, 15) is 9.59 Å². The van der Waals surface area contributed by atoms with Crippen LogP contribution in [-0.2, 0) is 16.0 Å². The number of amides is 1. The number of hydrogen-bond donors (Lipinski definition) is 1. The lowest BCUT2D eigenvalue weighted by atomic mass is 9.97. The molecule has 1 amide bonds. The minimum absolute atomic E-state index is 0.00965. The van der Waals surface area contributed by atoms with Gasteiger partial charge in [0.15, 0.2) is 0 Å². The number of piperidine rings is 1. The van der Waals surface area contributed by atoms with Gasteiger partial charge >= 0.3 is 5.97 Å². The monoisotopic (exact) mass is 360 g/mol. The predicted molar refractivity (Wildman–Crippen MR) is 94.7 cm³/mol. The summed E-state index contributed by atoms with van der Waals surface area (Å²) in [6, 6.07) is 7.65. The number of carbonyl (C=O) groups is 2. The zero-order valence-electron chi connectivity index (χ0n) is 14.0. The summed E-state index contributed by atoms with van der Waals surface area (Å²) in [6.45, 7) is 1.01. The molecule has 132 valence electrons. The maximum Gasteiger partial charge on any atom is 0.306 e. The molecule has 1 fully saturated rings. The lowest BCUT2D eigenvalue weighted by Gasteiger charge is -2.30. The first-order chi connectivity index (χ1) is 12.1. The van der Waals surface area contributed by atoms with Gasteiger partial charge in [0.1, 0.15) is 10.8 Å². The molecule has 0 aliphatic carbocycles. The van der Waals surface area contributed by atoms with Crippen molar-refractivity contribution in [3.8, 4) is 16.3 Å². The van der Waals surface area contributed by atoms with Gasteiger partial charge in [0.05, 0.1) is 25.1 Å². The molecule has 2 heterocycles. The van der Waals surface area contributed by atoms with Crippen LogP contribution in [0, 0.1) is 5.92 Å². The average Bonchev–Trinajstić information content (AvgIpc) is 3.10. The molecule has 2 aromatic rings. The molecule has 7 heteroatoms. The highest BCUT2D eigenvalue weighted by molar-refractivity contribution is 7.13. The summed E-state index contributed by atoms with van der Waals surface area (Å²) in [4.78, 5) is 29.7. The standard InChI is InChI=1S/C18H20N2O4S/c1-24-15-4-2-12(3-5-15)17-19-14(11-25-17)10-16(21)20-8-6-13(7-9-20)18(22)23/h2-5,11,13H,6-10H2,1H3,(H,22,23). The van der Waals surface area contributed by atoms with Crippen LogP contribution >= 0.6 is 11.3 Å². The fourth-order valence-electron chi connectivity index (χ4n) is 2.90. The highest BCUT2D eigenvalue weighted by Gasteiger charge is 2.27. The first-order valence-corrected chi connectivity index (χ1v) is 9.04. The number of benzene rings is 1. The van der Waals surface area contributed by atoms with Crippen LogP contribution < -0.4 is 4.74 Å². The molecule has 1 aromatic carbocycles. The molecule has 0 bridgehead atoms. The lowest BCUT2D eigenvalue weighted by molar-refractivity contribution is -0.145. The third-order valence-corrected chi connectivity index (χ3v) is 5.36. The molecule has 0 radical (unpaired) electrons. The second-order valence-electron chi connectivity index (χ2n) is 6.04. The summed E-state index contributed by atoms with van der Waals surface area (Å²) >= 11 is 1.51. The molecule has 1 saturated heterocycles. The lowest BCUT2D eigenvalue weighted by Crippen LogP contribution is -2.41. The Kier molecular flexibility index (Phi) is 5.33. The van der Waals surface area contributed by atoms with Gasteiger partial charge in [-0.1, -0.05) is 0 Å². The van der Waals surface area contributed by atoms with Gasteiger partial charge in [-0.2, -0.15) is 0 Å². The van der Waals surface area contributed by atoms with Crippen LogP contribution in [0.25, 0.3) is 10.6 Å². The third kappa shape index (κ3) is 4.17. The fraction of sp³-hybridized carbons (Fsp3) is 0.389. The molecule has 1 aliphatic rings. The average molecular weight is 360 g/mol. The van der Waals surface area contributed by atoms with Crippen molar-refractivity contribution in [2.24, 2.45) is 5.92 Å². The Morgan fingerprint density at radius 1 is 1.28 bits per heavy atom. The molecule has 1 N–H and O–H groups in total. The van der Waals surface area contributed by atoms with Crippen molar-refractivity contribution in [1.29, 1.82) is 0 Å². The number of carboxylic acids is 1. The van der Waals surface area contributed by atoms with E-state index in [1.54, 1.807) is 12.0 Å². The quantitative estimate of drug-likeness (QED) is 0.887. The number of ether oxygens (including phenoxy) is 1. The molecule has 0 saturated carbocycles. The first-order valence-electron chi connectivity index (χ1n) is 8.16. The van der Waals surface area contributed by atoms with Crippen LogP contribution in [0.2, 0.25) is 0 Å². The molecule has 6 nitrogen and oxygen atoms in total. The Morgan fingerprint density at radius 3 is 2.56 bits per heavy atom. The second kappa shape index (κ2) is 7.65. The van der Waals surface area contributed by atoms with Gasteiger partial charge < -0.3 is 14.7 Å². The number of likely N-dealkylation sites (tertiary alicyclic amines) is 1. The fourth-order valence-corrected chi connectivity index (χ4v) is 3.72. The van der Waals surface area contributed by atoms with Crippen molar-refractivity contribution in [3.63, 3.8) is 0 Å². The molecule has 0 atom stereocenters. The highest BCUT2D eigenvalue weighted by atomic mass is 32.1. The van der Waals surface area contributed by atoms with E-state index in [1.807, 2.05) is 29.6 Å². The van der Waals surface area contributed by atoms with E-state index < -0.39 is 5.97 Å². The van der Waals surface area contributed by atoms with Crippen molar-refractivity contribution in [1.82, 2.24) is 9.88 Å². The maximum absolute atomic E-state index is 12.4. The van der Waals surface area contributed by atoms with E-state index in [0.29, 0.717) is 25.9 Å². The van der Waals surface area contributed by atoms with Gasteiger partial charge in [-0.15, -0.1) is 11.3 Å². The van der Waals surface area contributed by atoms with E-state index in [2.05, 4.69) is 4.98 Å². The van der Waals surface area contributed by atoms with Crippen molar-refractivity contribution in [2.75, 3.05) is 20.2 Å². The van der Waals surface area contributed by atoms with Gasteiger partial charge in [0.25, 0.3) is 0 Å². The number of carboxylic acid groups (broad SMARTS) is 1. The van der Waals surface area contributed by atoms with Gasteiger partial charge in [0.2, 0.25) is 5.91 Å². The SMILES string of the molecule is COc1ccc(-c2nc(CC(=O)N3CCC(C(=O)O)CC3)cs2)cc1. The second-order valence-corrected chi connectivity index (χ2v) is 6.90. The first kappa shape index (κ1) is 17.4. The van der Waals surface area contributed by atoms with E-state index in [0.717, 1.165) is 22.0 Å². The molecule has 1 aliphatic heterocycles. The van der Waals surface area contributed by atoms with Crippen LogP contribution in [0.1, 0.15) is 18.5 Å². The normalized spacial score (nSPS) is 15.2. The van der Waals surface area contributed by atoms with Crippen molar-refractivity contribution in [3.05, 3.63) is 35.3 Å². The van der Waals surface area contributed by atoms with E-state index in [-0.39, 0.29) is 18.2 Å². The smallest absolute Gasteiger partial charge is 0.306 e. The minimum Gasteiger partial charge on any atom is -0.497 e. The Morgan fingerprint density at radius 2 is 1.96 bits per heavy atom. The zero-order chi connectivity index (χ0) is 17.8. The van der Waals surface area contributed by atoms with Crippen molar-refractivity contribution in [2.45, 2.75) is 19.3 Å². The largest absolute Gasteiger partial charge is 0.497 e. The van der Waals surface area contributed by atoms with Crippen LogP contribution in [0.3, 0.4) is 0 Å². The van der Waals surface area contributed by atoms with Crippen LogP contribution in [0.4, 0.5) is 0 Å². The molecule has 0 spiro atoms. The number of hydrogen-bond acceptors (Lipinski definition) is 5. The number of rotatable bonds is 5. The summed E-state index contributed by atoms with van der Waals surface area (Å²) in [5.41, 5.74) is 1.74. The topological polar surface area (TPSA) is 79.7 Å². The van der Waals surface area contributed by atoms with Crippen molar-refractivity contribution < 1.29 is 19.4 Å². The number of aliphatic carboxylic acids is 1. The minimum atomic E-state index is -0.768. The molecule has 25 heavy (non-hydrogen) atoms. The number of nitrogens with zero attached hydrogens (tertiary/aromatic N) is 2. The Labute approximate surface area is 150 Å². The summed E-state index contributed by atoms with van der Waals surface area (Å²) in [5.74, 6) is -0.295. The summed E-state index contributed by atoms with van der Waals surface area (Å²) in [5, 5.41) is 11.8.